The molecule has 4 saturated heterocycles. The molecule has 4 aliphatic rings. The van der Waals surface area contributed by atoms with E-state index in [2.05, 4.69) is 60.3 Å². The summed E-state index contributed by atoms with van der Waals surface area (Å²) in [4.78, 5) is 45.1. The molecule has 79 heavy (non-hydrogen) atoms. The number of hydrogen-bond donors (Lipinski definition) is 1. The zero-order chi connectivity index (χ0) is 56.0. The van der Waals surface area contributed by atoms with Crippen LogP contribution in [0.2, 0.25) is 30.1 Å². The zero-order valence-corrected chi connectivity index (χ0v) is 48.5. The molecule has 9 nitrogen and oxygen atoms in total. The predicted molar refractivity (Wildman–Crippen MR) is 321 cm³/mol. The van der Waals surface area contributed by atoms with Crippen molar-refractivity contribution in [3.63, 3.8) is 0 Å². The summed E-state index contributed by atoms with van der Waals surface area (Å²) in [5.74, 6) is -0.876. The standard InChI is InChI=1S/C31H29Cl3FN3O.C22H11Cl3FNO2.C9H18N2/c1-36(2)22-15-20-7-8-21(16-22)37(20)17-18-12-25(23-9-6-19(35)14-28(23)34)24-10-11-30(39)38(29(24)13-18)31-26(32)4-3-5-27(31)33;23-17-2-1-3-18(24)22(17)27-20-9-12(11-28)8-16(15(20)6-7-21(27)29)14-5-4-13(26)10-19(14)25;1-11(2)9-5-7-3-4-8(6-9)10-7/h3-6,9-14,20-22H,7-8,15-17H2,1-2H3;1-11H;7-10H,3-6H2,1-2H3. The molecule has 0 spiro atoms. The van der Waals surface area contributed by atoms with Crippen molar-refractivity contribution >= 4 is 97.7 Å². The van der Waals surface area contributed by atoms with Crippen LogP contribution in [-0.4, -0.2) is 94.6 Å². The van der Waals surface area contributed by atoms with Gasteiger partial charge in [0.1, 0.15) is 17.9 Å². The van der Waals surface area contributed by atoms with Gasteiger partial charge in [-0.1, -0.05) is 81.7 Å². The van der Waals surface area contributed by atoms with E-state index >= 15 is 0 Å². The summed E-state index contributed by atoms with van der Waals surface area (Å²) in [6.07, 6.45) is 10.9. The highest BCUT2D eigenvalue weighted by Crippen LogP contribution is 2.42. The van der Waals surface area contributed by atoms with Crippen LogP contribution >= 0.6 is 69.6 Å². The smallest absolute Gasteiger partial charge is 0.255 e. The normalized spacial score (nSPS) is 20.6. The second-order valence-electron chi connectivity index (χ2n) is 21.5. The highest BCUT2D eigenvalue weighted by molar-refractivity contribution is 6.39. The molecule has 0 saturated carbocycles. The molecular weight excluding hydrogens is 1130 g/mol. The lowest BCUT2D eigenvalue weighted by molar-refractivity contribution is 0.0750. The number of aldehydes is 1. The summed E-state index contributed by atoms with van der Waals surface area (Å²) in [5, 5.41) is 6.90. The van der Waals surface area contributed by atoms with E-state index in [1.54, 1.807) is 71.3 Å². The fraction of sp³-hybridized carbons (Fsp3) is 0.306. The Hall–Kier alpha value is -5.15. The number of halogens is 8. The number of pyridine rings is 2. The molecule has 4 atom stereocenters. The molecule has 17 heteroatoms. The molecule has 6 heterocycles. The Bertz CT molecular complexity index is 3690. The van der Waals surface area contributed by atoms with E-state index in [-0.39, 0.29) is 26.2 Å². The van der Waals surface area contributed by atoms with Crippen LogP contribution in [0.15, 0.2) is 131 Å². The molecular formula is C62H58Cl6F2N6O3. The number of fused-ring (bicyclic) bond motifs is 6. The summed E-state index contributed by atoms with van der Waals surface area (Å²) < 4.78 is 30.5. The number of carbonyl (C=O) groups excluding carboxylic acids is 1. The number of para-hydroxylation sites is 2. The number of hydrogen-bond acceptors (Lipinski definition) is 7. The van der Waals surface area contributed by atoms with E-state index < -0.39 is 11.6 Å². The molecule has 4 bridgehead atoms. The molecule has 0 amide bonds. The van der Waals surface area contributed by atoms with Gasteiger partial charge in [0.05, 0.1) is 52.5 Å². The lowest BCUT2D eigenvalue weighted by Crippen LogP contribution is -2.48. The van der Waals surface area contributed by atoms with Crippen molar-refractivity contribution in [2.75, 3.05) is 28.2 Å². The Morgan fingerprint density at radius 3 is 1.41 bits per heavy atom. The summed E-state index contributed by atoms with van der Waals surface area (Å²) >= 11 is 38.7. The fourth-order valence-electron chi connectivity index (χ4n) is 12.2. The largest absolute Gasteiger partial charge is 0.311 e. The highest BCUT2D eigenvalue weighted by Gasteiger charge is 2.41. The molecule has 4 unspecified atom stereocenters. The van der Waals surface area contributed by atoms with Crippen molar-refractivity contribution in [1.29, 1.82) is 0 Å². The highest BCUT2D eigenvalue weighted by atomic mass is 35.5. The quantitative estimate of drug-likeness (QED) is 0.144. The fourth-order valence-corrected chi connectivity index (χ4v) is 13.9. The number of nitrogens with zero attached hydrogens (tertiary/aromatic N) is 5. The Kier molecular flexibility index (Phi) is 17.4. The zero-order valence-electron chi connectivity index (χ0n) is 43.9. The molecule has 0 aliphatic carbocycles. The summed E-state index contributed by atoms with van der Waals surface area (Å²) in [7, 11) is 8.74. The average Bonchev–Trinajstić information content (AvgIpc) is 4.01. The van der Waals surface area contributed by atoms with Crippen molar-refractivity contribution in [2.24, 2.45) is 0 Å². The summed E-state index contributed by atoms with van der Waals surface area (Å²) in [6.45, 7) is 0.747. The molecule has 410 valence electrons. The maximum absolute atomic E-state index is 14.0. The first-order valence-electron chi connectivity index (χ1n) is 26.3. The van der Waals surface area contributed by atoms with Crippen molar-refractivity contribution < 1.29 is 13.6 Å². The second-order valence-corrected chi connectivity index (χ2v) is 23.9. The van der Waals surface area contributed by atoms with Crippen LogP contribution in [0.5, 0.6) is 0 Å². The maximum atomic E-state index is 14.0. The first-order chi connectivity index (χ1) is 37.9. The van der Waals surface area contributed by atoms with Crippen molar-refractivity contribution in [1.82, 2.24) is 29.2 Å². The van der Waals surface area contributed by atoms with Gasteiger partial charge in [0.25, 0.3) is 11.1 Å². The van der Waals surface area contributed by atoms with Crippen molar-refractivity contribution in [3.8, 4) is 33.6 Å². The number of aromatic nitrogens is 2. The van der Waals surface area contributed by atoms with Crippen LogP contribution in [-0.2, 0) is 6.54 Å². The van der Waals surface area contributed by atoms with Gasteiger partial charge in [0.15, 0.2) is 0 Å². The van der Waals surface area contributed by atoms with E-state index in [4.69, 9.17) is 69.6 Å². The molecule has 8 aromatic rings. The third-order valence-electron chi connectivity index (χ3n) is 16.1. The summed E-state index contributed by atoms with van der Waals surface area (Å²) in [5.41, 5.74) is 5.26. The molecule has 1 N–H and O–H groups in total. The molecule has 4 aliphatic heterocycles. The van der Waals surface area contributed by atoms with Gasteiger partial charge in [-0.25, -0.2) is 8.78 Å². The Labute approximate surface area is 488 Å². The Morgan fingerprint density at radius 2 is 0.962 bits per heavy atom. The van der Waals surface area contributed by atoms with Gasteiger partial charge in [-0.15, -0.1) is 0 Å². The topological polar surface area (TPSA) is 82.8 Å². The third-order valence-corrected chi connectivity index (χ3v) is 18.0. The minimum absolute atomic E-state index is 0.183. The number of rotatable bonds is 9. The Morgan fingerprint density at radius 1 is 0.519 bits per heavy atom. The predicted octanol–water partition coefficient (Wildman–Crippen LogP) is 15.2. The van der Waals surface area contributed by atoms with Crippen LogP contribution in [0.3, 0.4) is 0 Å². The van der Waals surface area contributed by atoms with E-state index in [0.717, 1.165) is 54.0 Å². The van der Waals surface area contributed by atoms with E-state index in [1.165, 1.54) is 85.6 Å². The van der Waals surface area contributed by atoms with Gasteiger partial charge in [-0.3, -0.25) is 28.4 Å². The molecule has 6 aromatic carbocycles. The number of carbonyl (C=O) groups is 1. The molecule has 2 aromatic heterocycles. The molecule has 4 fully saturated rings. The minimum atomic E-state index is -0.477. The number of benzene rings is 6. The van der Waals surface area contributed by atoms with Crippen LogP contribution in [0, 0.1) is 11.6 Å². The van der Waals surface area contributed by atoms with Crippen molar-refractivity contribution in [2.45, 2.75) is 94.2 Å². The maximum Gasteiger partial charge on any atom is 0.255 e. The van der Waals surface area contributed by atoms with Crippen LogP contribution < -0.4 is 16.4 Å². The van der Waals surface area contributed by atoms with E-state index in [9.17, 15) is 23.2 Å². The van der Waals surface area contributed by atoms with E-state index in [1.807, 2.05) is 0 Å². The molecule has 0 radical (unpaired) electrons. The molecule has 12 rings (SSSR count). The van der Waals surface area contributed by atoms with Gasteiger partial charge in [-0.05, 0) is 193 Å². The Balaban J connectivity index is 0.000000153. The van der Waals surface area contributed by atoms with Gasteiger partial charge < -0.3 is 15.1 Å². The van der Waals surface area contributed by atoms with E-state index in [0.29, 0.717) is 89.5 Å². The summed E-state index contributed by atoms with van der Waals surface area (Å²) in [6, 6.07) is 36.4. The van der Waals surface area contributed by atoms with Gasteiger partial charge >= 0.3 is 0 Å². The third kappa shape index (κ3) is 12.0. The van der Waals surface area contributed by atoms with Gasteiger partial charge in [0.2, 0.25) is 0 Å². The average molecular weight is 1190 g/mol. The number of piperidine rings is 2. The van der Waals surface area contributed by atoms with Crippen LogP contribution in [0.4, 0.5) is 8.78 Å². The van der Waals surface area contributed by atoms with Crippen LogP contribution in [0.25, 0.3) is 55.4 Å². The SMILES string of the molecule is CN(C)C1CC2CCC(C1)N2.CN(C)C1CC2CCC(C1)N2Cc1cc(-c2ccc(F)cc2Cl)c2ccc(=O)n(-c3c(Cl)cccc3Cl)c2c1.O=Cc1cc(-c2ccc(F)cc2Cl)c2ccc(=O)n(-c3c(Cl)cccc3Cl)c2c1. The second kappa shape index (κ2) is 24.1. The first-order valence-corrected chi connectivity index (χ1v) is 28.6. The van der Waals surface area contributed by atoms with Crippen LogP contribution in [0.1, 0.15) is 67.3 Å². The minimum Gasteiger partial charge on any atom is -0.311 e. The van der Waals surface area contributed by atoms with Crippen molar-refractivity contribution in [3.05, 3.63) is 195 Å². The monoisotopic (exact) mass is 1180 g/mol. The number of nitrogens with one attached hydrogen (secondary N) is 1. The van der Waals surface area contributed by atoms with Gasteiger partial charge in [-0.2, -0.15) is 0 Å². The lowest BCUT2D eigenvalue weighted by Gasteiger charge is -2.41. The lowest BCUT2D eigenvalue weighted by atomic mass is 9.94. The van der Waals surface area contributed by atoms with Gasteiger partial charge in [0, 0.05) is 82.4 Å². The first kappa shape index (κ1) is 57.1.